The van der Waals surface area contributed by atoms with Crippen LogP contribution in [0.2, 0.25) is 0 Å². The van der Waals surface area contributed by atoms with Crippen LogP contribution in [0.15, 0.2) is 192 Å². The smallest absolute Gasteiger partial charge is 0.137 e. The fourth-order valence-corrected chi connectivity index (χ4v) is 13.2. The van der Waals surface area contributed by atoms with Gasteiger partial charge in [-0.3, -0.25) is 0 Å². The van der Waals surface area contributed by atoms with Gasteiger partial charge in [0.05, 0.1) is 17.1 Å². The highest BCUT2D eigenvalue weighted by Crippen LogP contribution is 2.69. The largest absolute Gasteiger partial charge is 0.456 e. The van der Waals surface area contributed by atoms with Crippen molar-refractivity contribution in [3.05, 3.63) is 216 Å². The maximum absolute atomic E-state index is 6.56. The highest BCUT2D eigenvalue weighted by atomic mass is 16.3. The zero-order chi connectivity index (χ0) is 42.2. The van der Waals surface area contributed by atoms with E-state index in [1.807, 2.05) is 0 Å². The summed E-state index contributed by atoms with van der Waals surface area (Å²) in [5.41, 5.74) is 19.0. The third kappa shape index (κ3) is 5.79. The molecule has 0 radical (unpaired) electrons. The zero-order valence-corrected chi connectivity index (χ0v) is 36.3. The van der Waals surface area contributed by atoms with Gasteiger partial charge in [0.15, 0.2) is 0 Å². The van der Waals surface area contributed by atoms with Crippen LogP contribution in [0.1, 0.15) is 78.7 Å². The van der Waals surface area contributed by atoms with E-state index in [1.165, 1.54) is 107 Å². The molecule has 0 N–H and O–H groups in total. The van der Waals surface area contributed by atoms with Crippen LogP contribution in [0, 0.1) is 11.8 Å². The summed E-state index contributed by atoms with van der Waals surface area (Å²) in [6, 6.07) is 70.5. The maximum atomic E-state index is 6.56. The van der Waals surface area contributed by atoms with E-state index in [0.29, 0.717) is 17.8 Å². The molecule has 4 aliphatic rings. The number of hydrogen-bond donors (Lipinski definition) is 0. The molecule has 8 aromatic carbocycles. The monoisotopic (exact) mass is 828 g/mol. The van der Waals surface area contributed by atoms with Crippen molar-refractivity contribution in [1.29, 1.82) is 0 Å². The van der Waals surface area contributed by atoms with Gasteiger partial charge in [-0.25, -0.2) is 0 Å². The van der Waals surface area contributed by atoms with Gasteiger partial charge in [0, 0.05) is 44.9 Å². The molecule has 2 fully saturated rings. The Balaban J connectivity index is 1.01. The SMILES string of the molecule is c1ccc(N(c2ccc3c(c2)oc2ccccc23)c2cccc3c2C24c5c(cccc5N(c5ccccc5)c5ccccc5-c5ccc(C6CCCCC6)cc5)CC2CCC4C3)cc1. The van der Waals surface area contributed by atoms with E-state index in [-0.39, 0.29) is 5.41 Å². The van der Waals surface area contributed by atoms with Crippen molar-refractivity contribution < 1.29 is 4.42 Å². The third-order valence-electron chi connectivity index (χ3n) is 15.7. The first-order valence-corrected chi connectivity index (χ1v) is 23.8. The van der Waals surface area contributed by atoms with Crippen LogP contribution in [0.5, 0.6) is 0 Å². The standard InChI is InChI=1S/C61H52N2O/c1-4-16-41(17-5-1)42-30-32-43(33-31-42)51-24-10-12-26-54(51)63(49-22-8-3-9-23-49)56-28-15-19-45-39-47-35-34-46-38-44-18-14-27-55(59(44)61(46,47)60(45)56)62(48-20-6-2-7-21-48)50-36-37-53-52-25-11-13-29-57(52)64-58(53)40-50/h2-3,6-15,18-33,36-37,40-41,46-47H,1,4-5,16-17,34-35,38-39H2. The maximum Gasteiger partial charge on any atom is 0.137 e. The molecule has 3 atom stereocenters. The quantitative estimate of drug-likeness (QED) is 0.152. The second kappa shape index (κ2) is 15.2. The Morgan fingerprint density at radius 3 is 1.70 bits per heavy atom. The average Bonchev–Trinajstić information content (AvgIpc) is 4.10. The summed E-state index contributed by atoms with van der Waals surface area (Å²) in [6.45, 7) is 0. The van der Waals surface area contributed by atoms with Gasteiger partial charge in [-0.1, -0.05) is 141 Å². The van der Waals surface area contributed by atoms with Crippen molar-refractivity contribution in [1.82, 2.24) is 0 Å². The van der Waals surface area contributed by atoms with E-state index >= 15 is 0 Å². The average molecular weight is 829 g/mol. The molecule has 2 saturated carbocycles. The second-order valence-corrected chi connectivity index (χ2v) is 19.0. The molecule has 1 heterocycles. The minimum absolute atomic E-state index is 0.155. The van der Waals surface area contributed by atoms with Crippen LogP contribution >= 0.6 is 0 Å². The Morgan fingerprint density at radius 2 is 1.00 bits per heavy atom. The molecule has 312 valence electrons. The summed E-state index contributed by atoms with van der Waals surface area (Å²) < 4.78 is 6.56. The van der Waals surface area contributed by atoms with E-state index < -0.39 is 0 Å². The highest BCUT2D eigenvalue weighted by molar-refractivity contribution is 6.06. The molecular weight excluding hydrogens is 777 g/mol. The van der Waals surface area contributed by atoms with Crippen LogP contribution < -0.4 is 9.80 Å². The molecule has 0 saturated heterocycles. The molecule has 9 aromatic rings. The first-order valence-electron chi connectivity index (χ1n) is 23.8. The number of anilines is 6. The summed E-state index contributed by atoms with van der Waals surface area (Å²) in [5.74, 6) is 1.70. The fraction of sp³-hybridized carbons (Fsp3) is 0.213. The van der Waals surface area contributed by atoms with Gasteiger partial charge < -0.3 is 14.2 Å². The molecule has 1 spiro atoms. The van der Waals surface area contributed by atoms with Gasteiger partial charge in [-0.15, -0.1) is 0 Å². The van der Waals surface area contributed by atoms with Gasteiger partial charge in [0.25, 0.3) is 0 Å². The molecule has 3 nitrogen and oxygen atoms in total. The Morgan fingerprint density at radius 1 is 0.422 bits per heavy atom. The van der Waals surface area contributed by atoms with Crippen LogP contribution in [-0.2, 0) is 18.3 Å². The number of fused-ring (bicyclic) bond motifs is 5. The lowest BCUT2D eigenvalue weighted by molar-refractivity contribution is 0.350. The second-order valence-electron chi connectivity index (χ2n) is 19.0. The van der Waals surface area contributed by atoms with Crippen LogP contribution in [-0.4, -0.2) is 0 Å². The highest BCUT2D eigenvalue weighted by Gasteiger charge is 2.62. The molecule has 3 unspecified atom stereocenters. The molecule has 13 rings (SSSR count). The lowest BCUT2D eigenvalue weighted by atomic mass is 9.68. The predicted molar refractivity (Wildman–Crippen MR) is 265 cm³/mol. The van der Waals surface area contributed by atoms with Crippen molar-refractivity contribution in [2.45, 2.75) is 69.1 Å². The number of nitrogens with zero attached hydrogens (tertiary/aromatic N) is 2. The fourth-order valence-electron chi connectivity index (χ4n) is 13.2. The molecule has 0 amide bonds. The molecule has 4 aliphatic carbocycles. The summed E-state index contributed by atoms with van der Waals surface area (Å²) in [6.07, 6.45) is 11.3. The predicted octanol–water partition coefficient (Wildman–Crippen LogP) is 16.7. The number of furan rings is 1. The molecule has 3 heteroatoms. The first kappa shape index (κ1) is 37.7. The van der Waals surface area contributed by atoms with Crippen molar-refractivity contribution in [3.63, 3.8) is 0 Å². The molecule has 0 aliphatic heterocycles. The van der Waals surface area contributed by atoms with Crippen LogP contribution in [0.25, 0.3) is 33.1 Å². The Hall–Kier alpha value is -6.84. The van der Waals surface area contributed by atoms with Gasteiger partial charge >= 0.3 is 0 Å². The zero-order valence-electron chi connectivity index (χ0n) is 36.3. The lowest BCUT2D eigenvalue weighted by Gasteiger charge is -2.40. The number of benzene rings is 8. The Bertz CT molecular complexity index is 3170. The Kier molecular flexibility index (Phi) is 8.93. The normalized spacial score (nSPS) is 19.9. The minimum atomic E-state index is -0.155. The minimum Gasteiger partial charge on any atom is -0.456 e. The van der Waals surface area contributed by atoms with Crippen molar-refractivity contribution in [3.8, 4) is 11.1 Å². The first-order chi connectivity index (χ1) is 31.7. The van der Waals surface area contributed by atoms with Gasteiger partial charge in [-0.05, 0) is 150 Å². The Labute approximate surface area is 376 Å². The summed E-state index contributed by atoms with van der Waals surface area (Å²) >= 11 is 0. The third-order valence-corrected chi connectivity index (χ3v) is 15.7. The molecular formula is C61H52N2O. The lowest BCUT2D eigenvalue weighted by Crippen LogP contribution is -2.34. The van der Waals surface area contributed by atoms with Crippen LogP contribution in [0.3, 0.4) is 0 Å². The van der Waals surface area contributed by atoms with Crippen molar-refractivity contribution in [2.24, 2.45) is 11.8 Å². The number of rotatable bonds is 8. The molecule has 0 bridgehead atoms. The number of para-hydroxylation sites is 4. The summed E-state index contributed by atoms with van der Waals surface area (Å²) in [7, 11) is 0. The summed E-state index contributed by atoms with van der Waals surface area (Å²) in [5, 5.41) is 2.30. The van der Waals surface area contributed by atoms with Crippen molar-refractivity contribution in [2.75, 3.05) is 9.80 Å². The van der Waals surface area contributed by atoms with E-state index in [1.54, 1.807) is 0 Å². The summed E-state index contributed by atoms with van der Waals surface area (Å²) in [4.78, 5) is 5.14. The van der Waals surface area contributed by atoms with Crippen LogP contribution in [0.4, 0.5) is 34.1 Å². The topological polar surface area (TPSA) is 19.6 Å². The van der Waals surface area contributed by atoms with Gasteiger partial charge in [0.2, 0.25) is 0 Å². The molecule has 1 aromatic heterocycles. The van der Waals surface area contributed by atoms with E-state index in [0.717, 1.165) is 46.2 Å². The number of hydrogen-bond acceptors (Lipinski definition) is 3. The van der Waals surface area contributed by atoms with Gasteiger partial charge in [0.1, 0.15) is 11.2 Å². The van der Waals surface area contributed by atoms with E-state index in [2.05, 4.69) is 198 Å². The van der Waals surface area contributed by atoms with E-state index in [9.17, 15) is 0 Å². The van der Waals surface area contributed by atoms with Gasteiger partial charge in [-0.2, -0.15) is 0 Å². The van der Waals surface area contributed by atoms with E-state index in [4.69, 9.17) is 4.42 Å². The molecule has 64 heavy (non-hydrogen) atoms. The van der Waals surface area contributed by atoms with Crippen molar-refractivity contribution >= 4 is 56.1 Å².